The molecule has 1 amide bonds. The lowest BCUT2D eigenvalue weighted by Crippen LogP contribution is -2.43. The summed E-state index contributed by atoms with van der Waals surface area (Å²) in [5.41, 5.74) is 6.07. The van der Waals surface area contributed by atoms with Crippen LogP contribution in [0.1, 0.15) is 12.0 Å². The molecule has 0 unspecified atom stereocenters. The first-order chi connectivity index (χ1) is 13.5. The lowest BCUT2D eigenvalue weighted by Gasteiger charge is -2.14. The number of methoxy groups -OCH3 is 3. The molecular formula is C19H22FN3O4S. The van der Waals surface area contributed by atoms with Crippen molar-refractivity contribution in [3.8, 4) is 17.2 Å². The van der Waals surface area contributed by atoms with Crippen molar-refractivity contribution in [2.75, 3.05) is 26.6 Å². The van der Waals surface area contributed by atoms with E-state index in [-0.39, 0.29) is 23.1 Å². The van der Waals surface area contributed by atoms with Crippen LogP contribution in [-0.2, 0) is 11.2 Å². The van der Waals surface area contributed by atoms with Crippen LogP contribution in [0.5, 0.6) is 17.2 Å². The van der Waals surface area contributed by atoms with Crippen molar-refractivity contribution in [2.45, 2.75) is 12.8 Å². The molecule has 0 saturated carbocycles. The molecule has 0 aliphatic heterocycles. The first kappa shape index (κ1) is 21.2. The number of hydrogen-bond acceptors (Lipinski definition) is 5. The number of ether oxygens (including phenoxy) is 3. The van der Waals surface area contributed by atoms with Crippen LogP contribution in [0.25, 0.3) is 0 Å². The lowest BCUT2D eigenvalue weighted by molar-refractivity contribution is -0.121. The van der Waals surface area contributed by atoms with E-state index in [0.29, 0.717) is 23.7 Å². The Morgan fingerprint density at radius 3 is 2.25 bits per heavy atom. The Bertz CT molecular complexity index is 823. The molecule has 0 aliphatic rings. The first-order valence-corrected chi connectivity index (χ1v) is 8.78. The molecule has 0 aromatic heterocycles. The fourth-order valence-corrected chi connectivity index (χ4v) is 2.60. The zero-order chi connectivity index (χ0) is 20.5. The Morgan fingerprint density at radius 1 is 1.04 bits per heavy atom. The third-order valence-corrected chi connectivity index (χ3v) is 4.01. The van der Waals surface area contributed by atoms with Gasteiger partial charge in [-0.15, -0.1) is 0 Å². The molecule has 7 nitrogen and oxygen atoms in total. The standard InChI is InChI=1S/C19H22FN3O4S/c1-25-15-10-12(11-16(26-2)18(15)27-3)8-9-17(24)22-23-19(28)21-14-7-5-4-6-13(14)20/h4-7,10-11H,8-9H2,1-3H3,(H,22,24)(H2,21,23,28). The molecule has 28 heavy (non-hydrogen) atoms. The number of anilines is 1. The maximum Gasteiger partial charge on any atom is 0.238 e. The number of hydrazine groups is 1. The number of amides is 1. The topological polar surface area (TPSA) is 80.9 Å². The van der Waals surface area contributed by atoms with Gasteiger partial charge in [-0.05, 0) is 48.5 Å². The summed E-state index contributed by atoms with van der Waals surface area (Å²) < 4.78 is 29.4. The maximum atomic E-state index is 13.6. The number of para-hydroxylation sites is 1. The average molecular weight is 407 g/mol. The van der Waals surface area contributed by atoms with Gasteiger partial charge in [0.15, 0.2) is 16.6 Å². The van der Waals surface area contributed by atoms with Crippen molar-refractivity contribution in [3.63, 3.8) is 0 Å². The van der Waals surface area contributed by atoms with Gasteiger partial charge in [-0.25, -0.2) is 4.39 Å². The number of rotatable bonds is 7. The molecule has 0 radical (unpaired) electrons. The monoisotopic (exact) mass is 407 g/mol. The van der Waals surface area contributed by atoms with Crippen molar-refractivity contribution >= 4 is 28.9 Å². The minimum absolute atomic E-state index is 0.0752. The molecule has 150 valence electrons. The number of thiocarbonyl (C=S) groups is 1. The van der Waals surface area contributed by atoms with Gasteiger partial charge in [-0.3, -0.25) is 15.6 Å². The zero-order valence-electron chi connectivity index (χ0n) is 15.8. The molecule has 9 heteroatoms. The third-order valence-electron chi connectivity index (χ3n) is 3.80. The number of nitrogens with one attached hydrogen (secondary N) is 3. The summed E-state index contributed by atoms with van der Waals surface area (Å²) in [4.78, 5) is 12.0. The van der Waals surface area contributed by atoms with E-state index < -0.39 is 5.82 Å². The Morgan fingerprint density at radius 2 is 1.68 bits per heavy atom. The van der Waals surface area contributed by atoms with E-state index in [2.05, 4.69) is 16.2 Å². The molecule has 2 aromatic carbocycles. The maximum absolute atomic E-state index is 13.6. The molecule has 0 spiro atoms. The number of carbonyl (C=O) groups is 1. The summed E-state index contributed by atoms with van der Waals surface area (Å²) in [6.07, 6.45) is 0.631. The number of aryl methyl sites for hydroxylation is 1. The van der Waals surface area contributed by atoms with Crippen molar-refractivity contribution in [3.05, 3.63) is 47.8 Å². The fraction of sp³-hybridized carbons (Fsp3) is 0.263. The van der Waals surface area contributed by atoms with Gasteiger partial charge in [0.25, 0.3) is 0 Å². The van der Waals surface area contributed by atoms with Gasteiger partial charge in [0.1, 0.15) is 5.82 Å². The largest absolute Gasteiger partial charge is 0.493 e. The van der Waals surface area contributed by atoms with Crippen LogP contribution in [0.2, 0.25) is 0 Å². The molecule has 0 saturated heterocycles. The summed E-state index contributed by atoms with van der Waals surface area (Å²) in [6.45, 7) is 0. The van der Waals surface area contributed by atoms with E-state index >= 15 is 0 Å². The van der Waals surface area contributed by atoms with E-state index in [0.717, 1.165) is 5.56 Å². The average Bonchev–Trinajstić information content (AvgIpc) is 2.71. The van der Waals surface area contributed by atoms with E-state index in [1.165, 1.54) is 33.5 Å². The molecule has 2 aromatic rings. The van der Waals surface area contributed by atoms with Gasteiger partial charge in [-0.1, -0.05) is 12.1 Å². The van der Waals surface area contributed by atoms with Crippen molar-refractivity contribution in [1.82, 2.24) is 10.9 Å². The predicted molar refractivity (Wildman–Crippen MR) is 108 cm³/mol. The number of halogens is 1. The Kier molecular flexibility index (Phi) is 7.82. The highest BCUT2D eigenvalue weighted by molar-refractivity contribution is 7.80. The van der Waals surface area contributed by atoms with Gasteiger partial charge in [0.05, 0.1) is 27.0 Å². The summed E-state index contributed by atoms with van der Waals surface area (Å²) in [7, 11) is 4.58. The summed E-state index contributed by atoms with van der Waals surface area (Å²) in [5.74, 6) is 0.799. The normalized spacial score (nSPS) is 10.0. The highest BCUT2D eigenvalue weighted by atomic mass is 32.1. The fourth-order valence-electron chi connectivity index (χ4n) is 2.44. The van der Waals surface area contributed by atoms with E-state index in [4.69, 9.17) is 26.4 Å². The van der Waals surface area contributed by atoms with Crippen LogP contribution in [0.4, 0.5) is 10.1 Å². The minimum Gasteiger partial charge on any atom is -0.493 e. The molecular weight excluding hydrogens is 385 g/mol. The second-order valence-electron chi connectivity index (χ2n) is 5.64. The van der Waals surface area contributed by atoms with Gasteiger partial charge in [0.2, 0.25) is 11.7 Å². The second kappa shape index (κ2) is 10.3. The van der Waals surface area contributed by atoms with E-state index in [1.807, 2.05) is 0 Å². The van der Waals surface area contributed by atoms with Crippen LogP contribution >= 0.6 is 12.2 Å². The minimum atomic E-state index is -0.444. The molecule has 0 bridgehead atoms. The Balaban J connectivity index is 1.87. The quantitative estimate of drug-likeness (QED) is 0.481. The van der Waals surface area contributed by atoms with Crippen LogP contribution < -0.4 is 30.4 Å². The highest BCUT2D eigenvalue weighted by Crippen LogP contribution is 2.38. The van der Waals surface area contributed by atoms with Crippen LogP contribution in [0.15, 0.2) is 36.4 Å². The number of hydrogen-bond donors (Lipinski definition) is 3. The molecule has 0 heterocycles. The van der Waals surface area contributed by atoms with E-state index in [1.54, 1.807) is 24.3 Å². The second-order valence-corrected chi connectivity index (χ2v) is 6.05. The van der Waals surface area contributed by atoms with Crippen LogP contribution in [0.3, 0.4) is 0 Å². The van der Waals surface area contributed by atoms with Gasteiger partial charge in [-0.2, -0.15) is 0 Å². The van der Waals surface area contributed by atoms with Gasteiger partial charge >= 0.3 is 0 Å². The summed E-state index contributed by atoms with van der Waals surface area (Å²) in [6, 6.07) is 9.65. The molecule has 0 fully saturated rings. The van der Waals surface area contributed by atoms with E-state index in [9.17, 15) is 9.18 Å². The molecule has 2 rings (SSSR count). The zero-order valence-corrected chi connectivity index (χ0v) is 16.6. The Hall–Kier alpha value is -3.07. The van der Waals surface area contributed by atoms with Crippen molar-refractivity contribution in [1.29, 1.82) is 0 Å². The highest BCUT2D eigenvalue weighted by Gasteiger charge is 2.14. The molecule has 0 atom stereocenters. The van der Waals surface area contributed by atoms with Gasteiger partial charge < -0.3 is 19.5 Å². The summed E-state index contributed by atoms with van der Waals surface area (Å²) >= 11 is 5.03. The van der Waals surface area contributed by atoms with Gasteiger partial charge in [0, 0.05) is 6.42 Å². The number of benzene rings is 2. The van der Waals surface area contributed by atoms with Crippen LogP contribution in [-0.4, -0.2) is 32.3 Å². The van der Waals surface area contributed by atoms with Crippen molar-refractivity contribution < 1.29 is 23.4 Å². The lowest BCUT2D eigenvalue weighted by atomic mass is 10.1. The SMILES string of the molecule is COc1cc(CCC(=O)NNC(=S)Nc2ccccc2F)cc(OC)c1OC. The van der Waals surface area contributed by atoms with Crippen molar-refractivity contribution in [2.24, 2.45) is 0 Å². The predicted octanol–water partition coefficient (Wildman–Crippen LogP) is 2.80. The molecule has 0 aliphatic carbocycles. The number of carbonyl (C=O) groups excluding carboxylic acids is 1. The van der Waals surface area contributed by atoms with Crippen LogP contribution in [0, 0.1) is 5.82 Å². The third kappa shape index (κ3) is 5.71. The smallest absolute Gasteiger partial charge is 0.238 e. The summed E-state index contributed by atoms with van der Waals surface area (Å²) in [5, 5.41) is 2.74. The first-order valence-electron chi connectivity index (χ1n) is 8.37. The molecule has 3 N–H and O–H groups in total. The Labute approximate surface area is 168 Å².